The van der Waals surface area contributed by atoms with E-state index in [2.05, 4.69) is 34.1 Å². The van der Waals surface area contributed by atoms with Gasteiger partial charge in [-0.15, -0.1) is 0 Å². The molecule has 0 N–H and O–H groups in total. The second kappa shape index (κ2) is 8.59. The predicted molar refractivity (Wildman–Crippen MR) is 105 cm³/mol. The zero-order valence-electron chi connectivity index (χ0n) is 14.9. The van der Waals surface area contributed by atoms with Gasteiger partial charge in [-0.05, 0) is 47.5 Å². The molecule has 0 aliphatic heterocycles. The first-order valence-electron chi connectivity index (χ1n) is 8.31. The van der Waals surface area contributed by atoms with Crippen molar-refractivity contribution in [3.05, 3.63) is 83.0 Å². The van der Waals surface area contributed by atoms with Gasteiger partial charge in [0, 0.05) is 13.1 Å². The summed E-state index contributed by atoms with van der Waals surface area (Å²) in [5.74, 6) is 2.52. The molecule has 3 rings (SSSR count). The molecule has 0 saturated heterocycles. The zero-order chi connectivity index (χ0) is 18.4. The Morgan fingerprint density at radius 3 is 1.69 bits per heavy atom. The Labute approximate surface area is 159 Å². The molecular weight excluding hydrogens is 348 g/mol. The number of methoxy groups -OCH3 is 2. The van der Waals surface area contributed by atoms with Crippen LogP contribution in [0.2, 0.25) is 5.15 Å². The Bertz CT molecular complexity index is 786. The van der Waals surface area contributed by atoms with Crippen molar-refractivity contribution in [1.82, 2.24) is 4.98 Å². The SMILES string of the molecule is COc1ccc(CN(Cc2ccc(OC)cc2)c2cccc(Cl)n2)cc1. The van der Waals surface area contributed by atoms with E-state index in [0.29, 0.717) is 18.2 Å². The molecule has 0 saturated carbocycles. The number of aromatic nitrogens is 1. The predicted octanol–water partition coefficient (Wildman–Crippen LogP) is 4.96. The highest BCUT2D eigenvalue weighted by Crippen LogP contribution is 2.22. The smallest absolute Gasteiger partial charge is 0.131 e. The standard InChI is InChI=1S/C21H21ClN2O2/c1-25-18-10-6-16(7-11-18)14-24(21-5-3-4-20(22)23-21)15-17-8-12-19(26-2)13-9-17/h3-13H,14-15H2,1-2H3. The van der Waals surface area contributed by atoms with E-state index in [9.17, 15) is 0 Å². The molecule has 5 heteroatoms. The Morgan fingerprint density at radius 1 is 0.769 bits per heavy atom. The van der Waals surface area contributed by atoms with E-state index in [-0.39, 0.29) is 0 Å². The molecule has 0 atom stereocenters. The number of hydrogen-bond donors (Lipinski definition) is 0. The monoisotopic (exact) mass is 368 g/mol. The summed E-state index contributed by atoms with van der Waals surface area (Å²) in [4.78, 5) is 6.67. The Hall–Kier alpha value is -2.72. The first kappa shape index (κ1) is 18.1. The van der Waals surface area contributed by atoms with Gasteiger partial charge in [0.1, 0.15) is 22.5 Å². The van der Waals surface area contributed by atoms with Crippen LogP contribution in [0.15, 0.2) is 66.7 Å². The molecule has 0 aliphatic rings. The molecule has 0 spiro atoms. The zero-order valence-corrected chi connectivity index (χ0v) is 15.6. The van der Waals surface area contributed by atoms with Crippen molar-refractivity contribution in [2.24, 2.45) is 0 Å². The summed E-state index contributed by atoms with van der Waals surface area (Å²) in [7, 11) is 3.34. The Balaban J connectivity index is 1.84. The minimum Gasteiger partial charge on any atom is -0.497 e. The van der Waals surface area contributed by atoms with Gasteiger partial charge < -0.3 is 14.4 Å². The van der Waals surface area contributed by atoms with Crippen molar-refractivity contribution in [2.45, 2.75) is 13.1 Å². The third-order valence-corrected chi connectivity index (χ3v) is 4.30. The van der Waals surface area contributed by atoms with Crippen molar-refractivity contribution in [3.8, 4) is 11.5 Å². The van der Waals surface area contributed by atoms with Crippen LogP contribution in [0.1, 0.15) is 11.1 Å². The van der Waals surface area contributed by atoms with Crippen molar-refractivity contribution >= 4 is 17.4 Å². The third-order valence-electron chi connectivity index (χ3n) is 4.09. The molecule has 1 heterocycles. The van der Waals surface area contributed by atoms with Crippen LogP contribution in [0.3, 0.4) is 0 Å². The van der Waals surface area contributed by atoms with Gasteiger partial charge in [0.15, 0.2) is 0 Å². The summed E-state index contributed by atoms with van der Waals surface area (Å²) in [6.45, 7) is 1.42. The van der Waals surface area contributed by atoms with Gasteiger partial charge in [0.2, 0.25) is 0 Å². The van der Waals surface area contributed by atoms with Crippen LogP contribution < -0.4 is 14.4 Å². The van der Waals surface area contributed by atoms with Crippen LogP contribution in [-0.2, 0) is 13.1 Å². The van der Waals surface area contributed by atoms with E-state index in [4.69, 9.17) is 21.1 Å². The average molecular weight is 369 g/mol. The van der Waals surface area contributed by atoms with Gasteiger partial charge in [-0.2, -0.15) is 0 Å². The van der Waals surface area contributed by atoms with Crippen molar-refractivity contribution in [2.75, 3.05) is 19.1 Å². The topological polar surface area (TPSA) is 34.6 Å². The molecule has 3 aromatic rings. The number of nitrogens with zero attached hydrogens (tertiary/aromatic N) is 2. The van der Waals surface area contributed by atoms with Crippen LogP contribution in [0.5, 0.6) is 11.5 Å². The van der Waals surface area contributed by atoms with E-state index in [1.165, 1.54) is 11.1 Å². The van der Waals surface area contributed by atoms with Crippen LogP contribution in [-0.4, -0.2) is 19.2 Å². The van der Waals surface area contributed by atoms with Gasteiger partial charge in [0.05, 0.1) is 14.2 Å². The fourth-order valence-electron chi connectivity index (χ4n) is 2.69. The molecule has 4 nitrogen and oxygen atoms in total. The molecule has 0 fully saturated rings. The number of rotatable bonds is 7. The van der Waals surface area contributed by atoms with Crippen molar-refractivity contribution in [1.29, 1.82) is 0 Å². The van der Waals surface area contributed by atoms with Crippen molar-refractivity contribution in [3.63, 3.8) is 0 Å². The summed E-state index contributed by atoms with van der Waals surface area (Å²) in [5.41, 5.74) is 2.34. The Morgan fingerprint density at radius 2 is 1.27 bits per heavy atom. The van der Waals surface area contributed by atoms with Gasteiger partial charge >= 0.3 is 0 Å². The molecule has 26 heavy (non-hydrogen) atoms. The molecule has 0 bridgehead atoms. The lowest BCUT2D eigenvalue weighted by molar-refractivity contribution is 0.414. The fourth-order valence-corrected chi connectivity index (χ4v) is 2.85. The molecule has 0 unspecified atom stereocenters. The van der Waals surface area contributed by atoms with Gasteiger partial charge in [-0.3, -0.25) is 0 Å². The summed E-state index contributed by atoms with van der Waals surface area (Å²) in [6.07, 6.45) is 0. The first-order chi connectivity index (χ1) is 12.7. The molecule has 2 aromatic carbocycles. The van der Waals surface area contributed by atoms with Crippen LogP contribution in [0, 0.1) is 0 Å². The minimum atomic E-state index is 0.483. The maximum atomic E-state index is 6.10. The quantitative estimate of drug-likeness (QED) is 0.552. The Kier molecular flexibility index (Phi) is 5.97. The van der Waals surface area contributed by atoms with Crippen molar-refractivity contribution < 1.29 is 9.47 Å². The van der Waals surface area contributed by atoms with E-state index in [0.717, 1.165) is 17.3 Å². The highest BCUT2D eigenvalue weighted by Gasteiger charge is 2.11. The highest BCUT2D eigenvalue weighted by atomic mass is 35.5. The van der Waals surface area contributed by atoms with E-state index in [1.54, 1.807) is 20.3 Å². The number of halogens is 1. The van der Waals surface area contributed by atoms with E-state index < -0.39 is 0 Å². The van der Waals surface area contributed by atoms with E-state index >= 15 is 0 Å². The lowest BCUT2D eigenvalue weighted by Crippen LogP contribution is -2.23. The summed E-state index contributed by atoms with van der Waals surface area (Å²) in [5, 5.41) is 0.483. The fraction of sp³-hybridized carbons (Fsp3) is 0.190. The minimum absolute atomic E-state index is 0.483. The number of pyridine rings is 1. The second-order valence-electron chi connectivity index (χ2n) is 5.87. The molecule has 0 radical (unpaired) electrons. The molecule has 1 aromatic heterocycles. The molecule has 0 aliphatic carbocycles. The summed E-state index contributed by atoms with van der Waals surface area (Å²) < 4.78 is 10.5. The van der Waals surface area contributed by atoms with Crippen LogP contribution in [0.4, 0.5) is 5.82 Å². The third kappa shape index (κ3) is 4.67. The second-order valence-corrected chi connectivity index (χ2v) is 6.26. The summed E-state index contributed by atoms with van der Waals surface area (Å²) in [6, 6.07) is 21.8. The first-order valence-corrected chi connectivity index (χ1v) is 8.69. The number of anilines is 1. The largest absolute Gasteiger partial charge is 0.497 e. The van der Waals surface area contributed by atoms with Gasteiger partial charge in [-0.1, -0.05) is 41.9 Å². The highest BCUT2D eigenvalue weighted by molar-refractivity contribution is 6.29. The summed E-state index contributed by atoms with van der Waals surface area (Å²) >= 11 is 6.10. The number of benzene rings is 2. The maximum absolute atomic E-state index is 6.10. The van der Waals surface area contributed by atoms with Gasteiger partial charge in [-0.25, -0.2) is 4.98 Å². The molecular formula is C21H21ClN2O2. The normalized spacial score (nSPS) is 10.4. The number of hydrogen-bond acceptors (Lipinski definition) is 4. The van der Waals surface area contributed by atoms with Crippen LogP contribution >= 0.6 is 11.6 Å². The van der Waals surface area contributed by atoms with E-state index in [1.807, 2.05) is 36.4 Å². The van der Waals surface area contributed by atoms with Gasteiger partial charge in [0.25, 0.3) is 0 Å². The lowest BCUT2D eigenvalue weighted by Gasteiger charge is -2.24. The average Bonchev–Trinajstić information content (AvgIpc) is 2.68. The molecule has 0 amide bonds. The number of ether oxygens (including phenoxy) is 2. The van der Waals surface area contributed by atoms with Crippen LogP contribution in [0.25, 0.3) is 0 Å². The maximum Gasteiger partial charge on any atom is 0.131 e. The lowest BCUT2D eigenvalue weighted by atomic mass is 10.1. The molecule has 134 valence electrons.